The molecule has 1 atom stereocenters. The Bertz CT molecular complexity index is 579. The van der Waals surface area contributed by atoms with Gasteiger partial charge in [0.1, 0.15) is 11.0 Å². The number of hydrogen-bond acceptors (Lipinski definition) is 2. The second-order valence-corrected chi connectivity index (χ2v) is 5.58. The molecule has 16 heavy (non-hydrogen) atoms. The third-order valence-electron chi connectivity index (χ3n) is 2.39. The van der Waals surface area contributed by atoms with Gasteiger partial charge in [0.15, 0.2) is 5.82 Å². The van der Waals surface area contributed by atoms with Gasteiger partial charge in [0.25, 0.3) is 0 Å². The van der Waals surface area contributed by atoms with Gasteiger partial charge in [-0.1, -0.05) is 6.07 Å². The lowest BCUT2D eigenvalue weighted by Gasteiger charge is -2.02. The molecule has 1 aromatic carbocycles. The number of halogens is 1. The van der Waals surface area contributed by atoms with Crippen LogP contribution >= 0.6 is 15.9 Å². The first-order chi connectivity index (χ1) is 7.50. The molecule has 0 aliphatic heterocycles. The fourth-order valence-corrected chi connectivity index (χ4v) is 2.74. The number of rotatable bonds is 2. The maximum Gasteiger partial charge on any atom is 0.167 e. The summed E-state index contributed by atoms with van der Waals surface area (Å²) < 4.78 is 16.8. The number of benzene rings is 1. The summed E-state index contributed by atoms with van der Waals surface area (Å²) in [5, 5.41) is 5.34. The van der Waals surface area contributed by atoms with E-state index >= 15 is 0 Å². The minimum absolute atomic E-state index is 0.664. The minimum Gasteiger partial charge on any atom is -0.288 e. The Morgan fingerprint density at radius 1 is 1.50 bits per heavy atom. The Kier molecular flexibility index (Phi) is 3.03. The molecule has 0 saturated heterocycles. The number of aryl methyl sites for hydroxylation is 2. The van der Waals surface area contributed by atoms with Gasteiger partial charge in [0.2, 0.25) is 0 Å². The summed E-state index contributed by atoms with van der Waals surface area (Å²) in [6.07, 6.45) is 1.59. The van der Waals surface area contributed by atoms with E-state index in [0.717, 1.165) is 20.9 Å². The number of aromatic nitrogens is 2. The van der Waals surface area contributed by atoms with Crippen molar-refractivity contribution in [2.75, 3.05) is 11.0 Å². The van der Waals surface area contributed by atoms with E-state index < -0.39 is 11.0 Å². The van der Waals surface area contributed by atoms with E-state index in [4.69, 9.17) is 0 Å². The number of fused-ring (bicyclic) bond motifs is 1. The van der Waals surface area contributed by atoms with Crippen molar-refractivity contribution in [1.82, 2.24) is 9.78 Å². The standard InChI is InChI=1S/C10H12BrN3OS/c1-6-4-5-7(11)9-8(6)10(12-14(9)2)13-16(3)15/h4-5H,1-3H3,(H,12,13). The molecule has 0 amide bonds. The average Bonchev–Trinajstić information content (AvgIpc) is 2.49. The molecule has 86 valence electrons. The van der Waals surface area contributed by atoms with Crippen LogP contribution in [0.5, 0.6) is 0 Å². The van der Waals surface area contributed by atoms with Crippen LogP contribution in [0.4, 0.5) is 5.82 Å². The Hall–Kier alpha value is -0.880. The van der Waals surface area contributed by atoms with Crippen LogP contribution in [-0.2, 0) is 18.0 Å². The van der Waals surface area contributed by atoms with Gasteiger partial charge in [0.05, 0.1) is 5.52 Å². The molecule has 6 heteroatoms. The van der Waals surface area contributed by atoms with Crippen molar-refractivity contribution in [2.45, 2.75) is 6.92 Å². The van der Waals surface area contributed by atoms with E-state index in [1.54, 1.807) is 10.9 Å². The highest BCUT2D eigenvalue weighted by atomic mass is 79.9. The van der Waals surface area contributed by atoms with Gasteiger partial charge in [-0.2, -0.15) is 5.10 Å². The molecule has 1 unspecified atom stereocenters. The van der Waals surface area contributed by atoms with Crippen molar-refractivity contribution in [1.29, 1.82) is 0 Å². The van der Waals surface area contributed by atoms with Gasteiger partial charge in [-0.3, -0.25) is 9.40 Å². The molecule has 0 radical (unpaired) electrons. The molecule has 2 aromatic rings. The molecule has 1 N–H and O–H groups in total. The monoisotopic (exact) mass is 301 g/mol. The lowest BCUT2D eigenvalue weighted by Crippen LogP contribution is -2.02. The van der Waals surface area contributed by atoms with Crippen molar-refractivity contribution in [3.05, 3.63) is 22.2 Å². The van der Waals surface area contributed by atoms with Gasteiger partial charge in [-0.15, -0.1) is 0 Å². The fourth-order valence-electron chi connectivity index (χ4n) is 1.74. The van der Waals surface area contributed by atoms with Crippen molar-refractivity contribution in [3.63, 3.8) is 0 Å². The molecule has 1 aromatic heterocycles. The van der Waals surface area contributed by atoms with Crippen LogP contribution in [0.15, 0.2) is 16.6 Å². The van der Waals surface area contributed by atoms with E-state index in [2.05, 4.69) is 25.8 Å². The average molecular weight is 302 g/mol. The number of hydrogen-bond donors (Lipinski definition) is 1. The number of nitrogens with one attached hydrogen (secondary N) is 1. The SMILES string of the molecule is Cc1ccc(Br)c2c1c(NS(C)=O)nn2C. The maximum atomic E-state index is 11.2. The molecule has 0 spiro atoms. The summed E-state index contributed by atoms with van der Waals surface area (Å²) in [7, 11) is 0.756. The Labute approximate surface area is 105 Å². The minimum atomic E-state index is -1.12. The Morgan fingerprint density at radius 3 is 2.81 bits per heavy atom. The van der Waals surface area contributed by atoms with E-state index in [1.807, 2.05) is 26.1 Å². The van der Waals surface area contributed by atoms with Gasteiger partial charge in [-0.25, -0.2) is 4.21 Å². The zero-order valence-electron chi connectivity index (χ0n) is 9.24. The summed E-state index contributed by atoms with van der Waals surface area (Å²) in [5.74, 6) is 0.664. The zero-order valence-corrected chi connectivity index (χ0v) is 11.6. The van der Waals surface area contributed by atoms with Crippen molar-refractivity contribution < 1.29 is 4.21 Å². The first kappa shape index (κ1) is 11.6. The highest BCUT2D eigenvalue weighted by Gasteiger charge is 2.13. The topological polar surface area (TPSA) is 46.9 Å². The van der Waals surface area contributed by atoms with E-state index in [0.29, 0.717) is 5.82 Å². The van der Waals surface area contributed by atoms with Crippen molar-refractivity contribution in [3.8, 4) is 0 Å². The highest BCUT2D eigenvalue weighted by molar-refractivity contribution is 9.10. The third-order valence-corrected chi connectivity index (χ3v) is 3.51. The predicted octanol–water partition coefficient (Wildman–Crippen LogP) is 2.35. The summed E-state index contributed by atoms with van der Waals surface area (Å²) in [4.78, 5) is 0. The molecule has 4 nitrogen and oxygen atoms in total. The molecule has 0 bridgehead atoms. The summed E-state index contributed by atoms with van der Waals surface area (Å²) in [6, 6.07) is 4.00. The zero-order chi connectivity index (χ0) is 11.9. The lowest BCUT2D eigenvalue weighted by molar-refractivity contribution is 0.689. The molecule has 0 aliphatic rings. The summed E-state index contributed by atoms with van der Waals surface area (Å²) in [6.45, 7) is 2.01. The number of anilines is 1. The van der Waals surface area contributed by atoms with Gasteiger partial charge in [-0.05, 0) is 34.5 Å². The van der Waals surface area contributed by atoms with Crippen LogP contribution in [0.1, 0.15) is 5.56 Å². The van der Waals surface area contributed by atoms with Gasteiger partial charge >= 0.3 is 0 Å². The van der Waals surface area contributed by atoms with E-state index in [-0.39, 0.29) is 0 Å². The van der Waals surface area contributed by atoms with Crippen LogP contribution in [0.25, 0.3) is 10.9 Å². The van der Waals surface area contributed by atoms with Crippen molar-refractivity contribution >= 4 is 43.6 Å². The highest BCUT2D eigenvalue weighted by Crippen LogP contribution is 2.31. The third kappa shape index (κ3) is 1.87. The van der Waals surface area contributed by atoms with Crippen LogP contribution in [0.2, 0.25) is 0 Å². The normalized spacial score (nSPS) is 13.0. The molecule has 0 fully saturated rings. The molecular formula is C10H12BrN3OS. The second kappa shape index (κ2) is 4.18. The van der Waals surface area contributed by atoms with Gasteiger partial charge < -0.3 is 0 Å². The summed E-state index contributed by atoms with van der Waals surface area (Å²) in [5.41, 5.74) is 2.12. The predicted molar refractivity (Wildman–Crippen MR) is 70.8 cm³/mol. The quantitative estimate of drug-likeness (QED) is 0.925. The first-order valence-corrected chi connectivity index (χ1v) is 7.07. The van der Waals surface area contributed by atoms with Crippen LogP contribution < -0.4 is 4.72 Å². The van der Waals surface area contributed by atoms with E-state index in [9.17, 15) is 4.21 Å². The van der Waals surface area contributed by atoms with Crippen molar-refractivity contribution in [2.24, 2.45) is 7.05 Å². The first-order valence-electron chi connectivity index (χ1n) is 4.72. The molecule has 0 aliphatic carbocycles. The largest absolute Gasteiger partial charge is 0.288 e. The Balaban J connectivity index is 2.77. The molecule has 0 saturated carbocycles. The summed E-state index contributed by atoms with van der Waals surface area (Å²) >= 11 is 3.50. The van der Waals surface area contributed by atoms with Crippen LogP contribution in [0, 0.1) is 6.92 Å². The maximum absolute atomic E-state index is 11.2. The fraction of sp³-hybridized carbons (Fsp3) is 0.300. The molecule has 1 heterocycles. The molecule has 2 rings (SSSR count). The lowest BCUT2D eigenvalue weighted by atomic mass is 10.1. The van der Waals surface area contributed by atoms with Gasteiger partial charge in [0, 0.05) is 23.2 Å². The Morgan fingerprint density at radius 2 is 2.19 bits per heavy atom. The van der Waals surface area contributed by atoms with E-state index in [1.165, 1.54) is 0 Å². The number of nitrogens with zero attached hydrogens (tertiary/aromatic N) is 2. The van der Waals surface area contributed by atoms with Crippen LogP contribution in [0.3, 0.4) is 0 Å². The molecular weight excluding hydrogens is 290 g/mol. The van der Waals surface area contributed by atoms with Crippen LogP contribution in [-0.4, -0.2) is 20.2 Å². The smallest absolute Gasteiger partial charge is 0.167 e. The second-order valence-electron chi connectivity index (χ2n) is 3.62.